The number of rotatable bonds is 4. The zero-order valence-corrected chi connectivity index (χ0v) is 19.6. The Morgan fingerprint density at radius 2 is 1.91 bits per heavy atom. The number of hydrogen-bond donors (Lipinski definition) is 1. The number of carbonyl (C=O) groups excluding carboxylic acids is 3. The third-order valence-corrected chi connectivity index (χ3v) is 7.97. The van der Waals surface area contributed by atoms with Gasteiger partial charge in [-0.25, -0.2) is 4.79 Å². The summed E-state index contributed by atoms with van der Waals surface area (Å²) in [5.41, 5.74) is 0.913. The van der Waals surface area contributed by atoms with Crippen LogP contribution in [-0.2, 0) is 25.7 Å². The van der Waals surface area contributed by atoms with E-state index in [0.29, 0.717) is 32.8 Å². The Labute approximate surface area is 199 Å². The van der Waals surface area contributed by atoms with Crippen LogP contribution in [0.3, 0.4) is 0 Å². The number of carbonyl (C=O) groups is 3. The van der Waals surface area contributed by atoms with Crippen molar-refractivity contribution in [1.82, 2.24) is 14.7 Å². The fourth-order valence-corrected chi connectivity index (χ4v) is 5.54. The van der Waals surface area contributed by atoms with Gasteiger partial charge in [0.2, 0.25) is 11.8 Å². The minimum atomic E-state index is -0.679. The zero-order chi connectivity index (χ0) is 23.9. The molecule has 0 aromatic heterocycles. The van der Waals surface area contributed by atoms with E-state index in [1.165, 1.54) is 4.90 Å². The summed E-state index contributed by atoms with van der Waals surface area (Å²) < 4.78 is 11.2. The largest absolute Gasteiger partial charge is 0.445 e. The number of β-amino-alcohol motifs (C(OH)–C–C–N with tert-alkyl or cyclic N) is 1. The monoisotopic (exact) mass is 471 g/mol. The van der Waals surface area contributed by atoms with Crippen LogP contribution in [0.25, 0.3) is 0 Å². The molecule has 1 N–H and O–H groups in total. The highest BCUT2D eigenvalue weighted by Crippen LogP contribution is 2.53. The van der Waals surface area contributed by atoms with Gasteiger partial charge in [-0.3, -0.25) is 14.5 Å². The third kappa shape index (κ3) is 4.38. The molecule has 0 unspecified atom stereocenters. The lowest BCUT2D eigenvalue weighted by Gasteiger charge is -2.49. The van der Waals surface area contributed by atoms with Crippen LogP contribution < -0.4 is 0 Å². The Kier molecular flexibility index (Phi) is 6.24. The molecule has 1 aromatic rings. The van der Waals surface area contributed by atoms with Crippen molar-refractivity contribution in [2.75, 3.05) is 32.8 Å². The molecule has 0 radical (unpaired) electrons. The van der Waals surface area contributed by atoms with Crippen molar-refractivity contribution in [1.29, 1.82) is 0 Å². The van der Waals surface area contributed by atoms with Crippen molar-refractivity contribution in [3.05, 3.63) is 35.9 Å². The summed E-state index contributed by atoms with van der Waals surface area (Å²) >= 11 is 0. The van der Waals surface area contributed by atoms with Crippen LogP contribution in [0.1, 0.15) is 38.2 Å². The second-order valence-corrected chi connectivity index (χ2v) is 10.1. The van der Waals surface area contributed by atoms with Gasteiger partial charge in [0.15, 0.2) is 0 Å². The number of aliphatic hydroxyl groups excluding tert-OH is 1. The first-order valence-electron chi connectivity index (χ1n) is 12.2. The molecular formula is C25H33N3O6. The lowest BCUT2D eigenvalue weighted by Crippen LogP contribution is -2.68. The summed E-state index contributed by atoms with van der Waals surface area (Å²) in [5, 5.41) is 10.5. The van der Waals surface area contributed by atoms with Crippen LogP contribution >= 0.6 is 0 Å². The Morgan fingerprint density at radius 1 is 1.15 bits per heavy atom. The lowest BCUT2D eigenvalue weighted by atomic mass is 9.90. The van der Waals surface area contributed by atoms with Gasteiger partial charge in [-0.15, -0.1) is 0 Å². The quantitative estimate of drug-likeness (QED) is 0.713. The molecular weight excluding hydrogens is 438 g/mol. The normalized spacial score (nSPS) is 30.2. The second-order valence-electron chi connectivity index (χ2n) is 10.1. The minimum absolute atomic E-state index is 0.0344. The Bertz CT molecular complexity index is 936. The fourth-order valence-electron chi connectivity index (χ4n) is 5.54. The highest BCUT2D eigenvalue weighted by Gasteiger charge is 2.52. The molecule has 184 valence electrons. The summed E-state index contributed by atoms with van der Waals surface area (Å²) in [6.45, 7) is 3.76. The van der Waals surface area contributed by atoms with Crippen LogP contribution in [-0.4, -0.2) is 94.8 Å². The van der Waals surface area contributed by atoms with E-state index >= 15 is 0 Å². The van der Waals surface area contributed by atoms with E-state index in [9.17, 15) is 19.5 Å². The highest BCUT2D eigenvalue weighted by molar-refractivity contribution is 5.88. The van der Waals surface area contributed by atoms with E-state index in [1.807, 2.05) is 30.3 Å². The van der Waals surface area contributed by atoms with Gasteiger partial charge in [0.05, 0.1) is 31.4 Å². The van der Waals surface area contributed by atoms with Crippen molar-refractivity contribution in [2.24, 2.45) is 5.41 Å². The van der Waals surface area contributed by atoms with E-state index in [-0.39, 0.29) is 42.3 Å². The van der Waals surface area contributed by atoms with Crippen molar-refractivity contribution in [3.63, 3.8) is 0 Å². The smallest absolute Gasteiger partial charge is 0.410 e. The van der Waals surface area contributed by atoms with Gasteiger partial charge >= 0.3 is 6.09 Å². The number of likely N-dealkylation sites (tertiary alicyclic amines) is 1. The molecule has 3 heterocycles. The first kappa shape index (κ1) is 23.1. The summed E-state index contributed by atoms with van der Waals surface area (Å²) in [6.07, 6.45) is 2.08. The molecule has 9 heteroatoms. The number of aliphatic hydroxyl groups is 1. The first-order valence-corrected chi connectivity index (χ1v) is 12.2. The first-order chi connectivity index (χ1) is 16.4. The van der Waals surface area contributed by atoms with Gasteiger partial charge < -0.3 is 24.4 Å². The molecule has 0 bridgehead atoms. The van der Waals surface area contributed by atoms with Crippen LogP contribution in [0.4, 0.5) is 4.79 Å². The molecule has 1 aromatic carbocycles. The maximum Gasteiger partial charge on any atom is 0.410 e. The number of benzene rings is 1. The van der Waals surface area contributed by atoms with E-state index < -0.39 is 18.2 Å². The average molecular weight is 472 g/mol. The van der Waals surface area contributed by atoms with Crippen molar-refractivity contribution < 1.29 is 29.0 Å². The average Bonchev–Trinajstić information content (AvgIpc) is 3.63. The Morgan fingerprint density at radius 3 is 2.62 bits per heavy atom. The summed E-state index contributed by atoms with van der Waals surface area (Å²) in [5.74, 6) is -0.251. The zero-order valence-electron chi connectivity index (χ0n) is 19.6. The number of ether oxygens (including phenoxy) is 2. The molecule has 9 nitrogen and oxygen atoms in total. The molecule has 3 amide bonds. The number of piperidine rings is 1. The highest BCUT2D eigenvalue weighted by atomic mass is 16.6. The van der Waals surface area contributed by atoms with Crippen LogP contribution in [0.5, 0.6) is 0 Å². The topological polar surface area (TPSA) is 99.6 Å². The number of amides is 3. The SMILES string of the molecule is C[C@H]1C(=O)N2[C@@H](CC(=O)N3CCC4(CC4)[C@H](O)C3)COC[C@H]2CN1C(=O)OCc1ccccc1. The summed E-state index contributed by atoms with van der Waals surface area (Å²) in [4.78, 5) is 44.0. The number of fused-ring (bicyclic) bond motifs is 1. The van der Waals surface area contributed by atoms with Gasteiger partial charge in [-0.05, 0) is 37.2 Å². The molecule has 1 aliphatic carbocycles. The van der Waals surface area contributed by atoms with Crippen molar-refractivity contribution in [2.45, 2.75) is 63.4 Å². The van der Waals surface area contributed by atoms with Crippen molar-refractivity contribution in [3.8, 4) is 0 Å². The Balaban J connectivity index is 1.20. The van der Waals surface area contributed by atoms with E-state index in [1.54, 1.807) is 16.7 Å². The Hall–Kier alpha value is -2.65. The van der Waals surface area contributed by atoms with Crippen LogP contribution in [0, 0.1) is 5.41 Å². The predicted molar refractivity (Wildman–Crippen MR) is 122 cm³/mol. The summed E-state index contributed by atoms with van der Waals surface area (Å²) in [7, 11) is 0. The predicted octanol–water partition coefficient (Wildman–Crippen LogP) is 1.39. The standard InChI is InChI=1S/C25H33N3O6/c1-17-23(31)28-19(11-22(30)26-10-9-25(7-8-25)21(29)13-26)15-33-16-20(28)12-27(17)24(32)34-14-18-5-3-2-4-6-18/h2-6,17,19-21,29H,7-16H2,1H3/t17-,19-,20+,21+/m0/s1. The van der Waals surface area contributed by atoms with E-state index in [2.05, 4.69) is 0 Å². The molecule has 4 fully saturated rings. The molecule has 1 saturated carbocycles. The second kappa shape index (κ2) is 9.19. The molecule has 4 aliphatic rings. The maximum absolute atomic E-state index is 13.3. The van der Waals surface area contributed by atoms with Gasteiger partial charge in [0.1, 0.15) is 12.6 Å². The maximum atomic E-state index is 13.3. The molecule has 3 saturated heterocycles. The summed E-state index contributed by atoms with van der Waals surface area (Å²) in [6, 6.07) is 8.03. The molecule has 4 atom stereocenters. The van der Waals surface area contributed by atoms with Crippen molar-refractivity contribution >= 4 is 17.9 Å². The fraction of sp³-hybridized carbons (Fsp3) is 0.640. The molecule has 34 heavy (non-hydrogen) atoms. The lowest BCUT2D eigenvalue weighted by molar-refractivity contribution is -0.163. The van der Waals surface area contributed by atoms with E-state index in [0.717, 1.165) is 24.8 Å². The minimum Gasteiger partial charge on any atom is -0.445 e. The number of morpholine rings is 1. The molecule has 3 aliphatic heterocycles. The van der Waals surface area contributed by atoms with Gasteiger partial charge in [-0.2, -0.15) is 0 Å². The van der Waals surface area contributed by atoms with Crippen LogP contribution in [0.15, 0.2) is 30.3 Å². The van der Waals surface area contributed by atoms with Crippen LogP contribution in [0.2, 0.25) is 0 Å². The van der Waals surface area contributed by atoms with Gasteiger partial charge in [0, 0.05) is 26.1 Å². The van der Waals surface area contributed by atoms with E-state index in [4.69, 9.17) is 9.47 Å². The number of nitrogens with zero attached hydrogens (tertiary/aromatic N) is 3. The van der Waals surface area contributed by atoms with Gasteiger partial charge in [-0.1, -0.05) is 30.3 Å². The molecule has 1 spiro atoms. The number of hydrogen-bond acceptors (Lipinski definition) is 6. The molecule has 5 rings (SSSR count). The van der Waals surface area contributed by atoms with Gasteiger partial charge in [0.25, 0.3) is 0 Å². The number of piperazine rings is 1. The third-order valence-electron chi connectivity index (χ3n) is 7.97.